The summed E-state index contributed by atoms with van der Waals surface area (Å²) in [6.45, 7) is 5.02. The van der Waals surface area contributed by atoms with Crippen LogP contribution < -0.4 is 0 Å². The first-order valence-corrected chi connectivity index (χ1v) is 5.91. The van der Waals surface area contributed by atoms with Gasteiger partial charge in [0, 0.05) is 23.7 Å². The fourth-order valence-corrected chi connectivity index (χ4v) is 1.61. The third kappa shape index (κ3) is 2.59. The number of carboxylic acids is 1. The minimum Gasteiger partial charge on any atom is -0.481 e. The fourth-order valence-electron chi connectivity index (χ4n) is 1.61. The molecule has 5 heteroatoms. The van der Waals surface area contributed by atoms with Gasteiger partial charge in [-0.2, -0.15) is 0 Å². The molecule has 0 aliphatic heterocycles. The van der Waals surface area contributed by atoms with Crippen molar-refractivity contribution in [3.8, 4) is 11.3 Å². The highest BCUT2D eigenvalue weighted by atomic mass is 16.4. The number of aliphatic carboxylic acids is 1. The van der Waals surface area contributed by atoms with Crippen molar-refractivity contribution >= 4 is 5.97 Å². The van der Waals surface area contributed by atoms with Crippen LogP contribution in [0.5, 0.6) is 0 Å². The minimum atomic E-state index is -1.12. The van der Waals surface area contributed by atoms with Gasteiger partial charge < -0.3 is 5.11 Å². The Morgan fingerprint density at radius 3 is 2.42 bits per heavy atom. The Morgan fingerprint density at radius 2 is 1.84 bits per heavy atom. The van der Waals surface area contributed by atoms with Gasteiger partial charge >= 0.3 is 5.97 Å². The molecule has 5 nitrogen and oxygen atoms in total. The lowest BCUT2D eigenvalue weighted by Gasteiger charge is -2.18. The number of pyridine rings is 1. The van der Waals surface area contributed by atoms with Crippen LogP contribution in [0.2, 0.25) is 0 Å². The second kappa shape index (κ2) is 4.76. The van der Waals surface area contributed by atoms with Gasteiger partial charge in [0.25, 0.3) is 0 Å². The minimum absolute atomic E-state index is 0.312. The standard InChI is InChI=1S/C14H15N3O2/c1-9-8-11(10-4-6-15-7-5-10)17-12(16-9)14(2,3)13(18)19/h4-8H,1-3H3,(H,18,19). The summed E-state index contributed by atoms with van der Waals surface area (Å²) in [6, 6.07) is 5.50. The first-order valence-electron chi connectivity index (χ1n) is 5.91. The zero-order valence-corrected chi connectivity index (χ0v) is 11.1. The molecule has 2 rings (SSSR count). The maximum absolute atomic E-state index is 11.3. The molecule has 0 fully saturated rings. The molecular weight excluding hydrogens is 242 g/mol. The Morgan fingerprint density at radius 1 is 1.21 bits per heavy atom. The molecule has 0 unspecified atom stereocenters. The van der Waals surface area contributed by atoms with Gasteiger partial charge in [0.05, 0.1) is 5.69 Å². The largest absolute Gasteiger partial charge is 0.481 e. The molecule has 19 heavy (non-hydrogen) atoms. The van der Waals surface area contributed by atoms with Crippen molar-refractivity contribution in [2.75, 3.05) is 0 Å². The van der Waals surface area contributed by atoms with Crippen LogP contribution in [0.3, 0.4) is 0 Å². The van der Waals surface area contributed by atoms with Gasteiger partial charge in [0.2, 0.25) is 0 Å². The normalized spacial score (nSPS) is 11.3. The van der Waals surface area contributed by atoms with E-state index in [1.165, 1.54) is 0 Å². The number of carbonyl (C=O) groups is 1. The average molecular weight is 257 g/mol. The summed E-state index contributed by atoms with van der Waals surface area (Å²) >= 11 is 0. The summed E-state index contributed by atoms with van der Waals surface area (Å²) in [5, 5.41) is 9.26. The molecule has 0 atom stereocenters. The van der Waals surface area contributed by atoms with E-state index < -0.39 is 11.4 Å². The molecule has 1 N–H and O–H groups in total. The van der Waals surface area contributed by atoms with E-state index in [1.54, 1.807) is 26.2 Å². The molecule has 0 aliphatic carbocycles. The smallest absolute Gasteiger partial charge is 0.316 e. The molecule has 0 saturated heterocycles. The van der Waals surface area contributed by atoms with Crippen LogP contribution in [-0.4, -0.2) is 26.0 Å². The Balaban J connectivity index is 2.56. The number of hydrogen-bond donors (Lipinski definition) is 1. The molecule has 0 spiro atoms. The lowest BCUT2D eigenvalue weighted by atomic mass is 9.92. The van der Waals surface area contributed by atoms with E-state index in [0.29, 0.717) is 11.5 Å². The third-order valence-corrected chi connectivity index (χ3v) is 2.92. The maximum atomic E-state index is 11.3. The zero-order valence-electron chi connectivity index (χ0n) is 11.1. The van der Waals surface area contributed by atoms with E-state index in [9.17, 15) is 9.90 Å². The summed E-state index contributed by atoms with van der Waals surface area (Å²) in [5.41, 5.74) is 1.22. The van der Waals surface area contributed by atoms with Gasteiger partial charge in [0.1, 0.15) is 11.2 Å². The molecule has 2 aromatic rings. The van der Waals surface area contributed by atoms with E-state index in [-0.39, 0.29) is 0 Å². The van der Waals surface area contributed by atoms with Gasteiger partial charge in [-0.25, -0.2) is 9.97 Å². The van der Waals surface area contributed by atoms with E-state index in [4.69, 9.17) is 0 Å². The first-order chi connectivity index (χ1) is 8.91. The van der Waals surface area contributed by atoms with Crippen molar-refractivity contribution in [2.45, 2.75) is 26.2 Å². The van der Waals surface area contributed by atoms with Crippen molar-refractivity contribution in [2.24, 2.45) is 0 Å². The topological polar surface area (TPSA) is 76.0 Å². The number of carboxylic acid groups (broad SMARTS) is 1. The number of rotatable bonds is 3. The summed E-state index contributed by atoms with van der Waals surface area (Å²) in [5.74, 6) is -0.634. The Bertz CT molecular complexity index is 609. The summed E-state index contributed by atoms with van der Waals surface area (Å²) in [7, 11) is 0. The average Bonchev–Trinajstić information content (AvgIpc) is 2.39. The summed E-state index contributed by atoms with van der Waals surface area (Å²) in [6.07, 6.45) is 3.35. The molecule has 98 valence electrons. The van der Waals surface area contributed by atoms with Crippen LogP contribution in [0.1, 0.15) is 25.4 Å². The van der Waals surface area contributed by atoms with Crippen LogP contribution in [0.4, 0.5) is 0 Å². The zero-order chi connectivity index (χ0) is 14.0. The number of aryl methyl sites for hydroxylation is 1. The molecule has 2 aromatic heterocycles. The summed E-state index contributed by atoms with van der Waals surface area (Å²) < 4.78 is 0. The van der Waals surface area contributed by atoms with Gasteiger partial charge in [0.15, 0.2) is 0 Å². The predicted molar refractivity (Wildman–Crippen MR) is 70.7 cm³/mol. The van der Waals surface area contributed by atoms with Crippen LogP contribution in [0.15, 0.2) is 30.6 Å². The number of nitrogens with zero attached hydrogens (tertiary/aromatic N) is 3. The fraction of sp³-hybridized carbons (Fsp3) is 0.286. The van der Waals surface area contributed by atoms with Crippen molar-refractivity contribution in [3.05, 3.63) is 42.1 Å². The molecule has 0 radical (unpaired) electrons. The van der Waals surface area contributed by atoms with Crippen molar-refractivity contribution in [1.82, 2.24) is 15.0 Å². The second-order valence-electron chi connectivity index (χ2n) is 4.88. The van der Waals surface area contributed by atoms with Crippen molar-refractivity contribution < 1.29 is 9.90 Å². The quantitative estimate of drug-likeness (QED) is 0.912. The number of hydrogen-bond acceptors (Lipinski definition) is 4. The van der Waals surface area contributed by atoms with Gasteiger partial charge in [-0.15, -0.1) is 0 Å². The molecule has 0 bridgehead atoms. The molecule has 0 aliphatic rings. The monoisotopic (exact) mass is 257 g/mol. The van der Waals surface area contributed by atoms with Crippen LogP contribution >= 0.6 is 0 Å². The van der Waals surface area contributed by atoms with E-state index in [2.05, 4.69) is 15.0 Å². The Labute approximate surface area is 111 Å². The highest BCUT2D eigenvalue weighted by Gasteiger charge is 2.33. The highest BCUT2D eigenvalue weighted by Crippen LogP contribution is 2.24. The molecule has 0 saturated carbocycles. The lowest BCUT2D eigenvalue weighted by Crippen LogP contribution is -2.31. The SMILES string of the molecule is Cc1cc(-c2ccncc2)nc(C(C)(C)C(=O)O)n1. The molecular formula is C14H15N3O2. The van der Waals surface area contributed by atoms with Crippen LogP contribution in [0.25, 0.3) is 11.3 Å². The molecule has 0 amide bonds. The van der Waals surface area contributed by atoms with Crippen LogP contribution in [-0.2, 0) is 10.2 Å². The Hall–Kier alpha value is -2.30. The Kier molecular flexibility index (Phi) is 3.29. The van der Waals surface area contributed by atoms with Gasteiger partial charge in [-0.1, -0.05) is 0 Å². The van der Waals surface area contributed by atoms with Gasteiger partial charge in [-0.3, -0.25) is 9.78 Å². The lowest BCUT2D eigenvalue weighted by molar-refractivity contribution is -0.142. The maximum Gasteiger partial charge on any atom is 0.316 e. The van der Waals surface area contributed by atoms with Crippen LogP contribution in [0, 0.1) is 6.92 Å². The highest BCUT2D eigenvalue weighted by molar-refractivity contribution is 5.79. The second-order valence-corrected chi connectivity index (χ2v) is 4.88. The third-order valence-electron chi connectivity index (χ3n) is 2.92. The van der Waals surface area contributed by atoms with E-state index in [1.807, 2.05) is 25.1 Å². The molecule has 2 heterocycles. The molecule has 0 aromatic carbocycles. The number of aromatic nitrogens is 3. The van der Waals surface area contributed by atoms with E-state index >= 15 is 0 Å². The summed E-state index contributed by atoms with van der Waals surface area (Å²) in [4.78, 5) is 23.9. The van der Waals surface area contributed by atoms with Crippen molar-refractivity contribution in [3.63, 3.8) is 0 Å². The van der Waals surface area contributed by atoms with Crippen molar-refractivity contribution in [1.29, 1.82) is 0 Å². The predicted octanol–water partition coefficient (Wildman–Crippen LogP) is 2.21. The van der Waals surface area contributed by atoms with Gasteiger partial charge in [-0.05, 0) is 39.0 Å². The van der Waals surface area contributed by atoms with E-state index in [0.717, 1.165) is 11.3 Å². The first kappa shape index (κ1) is 13.1.